The predicted molar refractivity (Wildman–Crippen MR) is 86.3 cm³/mol. The first-order chi connectivity index (χ1) is 8.27. The van der Waals surface area contributed by atoms with Crippen LogP contribution in [0.1, 0.15) is 41.5 Å². The van der Waals surface area contributed by atoms with Crippen LogP contribution in [-0.2, 0) is 4.79 Å². The Morgan fingerprint density at radius 3 is 1.94 bits per heavy atom. The van der Waals surface area contributed by atoms with Crippen LogP contribution in [0.5, 0.6) is 0 Å². The molecular weight excluding hydrogens is 284 g/mol. The molecule has 1 rings (SSSR count). The monoisotopic (exact) mass is 306 g/mol. The molecule has 1 aliphatic heterocycles. The molecule has 104 valence electrons. The number of carbonyl (C=O) groups is 1. The van der Waals surface area contributed by atoms with Crippen molar-refractivity contribution in [1.82, 2.24) is 4.41 Å². The molecule has 0 bridgehead atoms. The van der Waals surface area contributed by atoms with E-state index in [1.165, 1.54) is 11.9 Å². The molecule has 0 radical (unpaired) electrons. The van der Waals surface area contributed by atoms with Crippen molar-refractivity contribution in [3.63, 3.8) is 0 Å². The average molecular weight is 307 g/mol. The third-order valence-electron chi connectivity index (χ3n) is 1.94. The van der Waals surface area contributed by atoms with E-state index >= 15 is 0 Å². The van der Waals surface area contributed by atoms with E-state index < -0.39 is 4.08 Å². The number of hydrogen-bond acceptors (Lipinski definition) is 5. The molecule has 0 N–H and O–H groups in total. The molecule has 1 amide bonds. The lowest BCUT2D eigenvalue weighted by Gasteiger charge is -2.28. The SMILES string of the molecule is CC(C)SN1N=CC(SC(C)C)(SC(C)C)C1=O. The van der Waals surface area contributed by atoms with Crippen LogP contribution in [0.15, 0.2) is 5.10 Å². The molecule has 0 spiro atoms. The Hall–Kier alpha value is 0.190. The number of rotatable bonds is 6. The Morgan fingerprint density at radius 2 is 1.56 bits per heavy atom. The van der Waals surface area contributed by atoms with Gasteiger partial charge in [0, 0.05) is 15.7 Å². The van der Waals surface area contributed by atoms with E-state index in [1.807, 2.05) is 6.21 Å². The Kier molecular flexibility index (Phi) is 5.93. The second kappa shape index (κ2) is 6.57. The van der Waals surface area contributed by atoms with E-state index in [0.29, 0.717) is 15.7 Å². The van der Waals surface area contributed by atoms with Crippen molar-refractivity contribution >= 4 is 47.6 Å². The number of hydrazone groups is 1. The van der Waals surface area contributed by atoms with Crippen molar-refractivity contribution < 1.29 is 4.79 Å². The lowest BCUT2D eigenvalue weighted by atomic mass is 10.4. The summed E-state index contributed by atoms with van der Waals surface area (Å²) in [5, 5.41) is 5.45. The van der Waals surface area contributed by atoms with Gasteiger partial charge in [0.05, 0.1) is 6.21 Å². The topological polar surface area (TPSA) is 32.7 Å². The number of nitrogens with zero attached hydrogens (tertiary/aromatic N) is 2. The largest absolute Gasteiger partial charge is 0.285 e. The minimum absolute atomic E-state index is 0.0959. The first kappa shape index (κ1) is 16.2. The van der Waals surface area contributed by atoms with Crippen LogP contribution in [0.2, 0.25) is 0 Å². The smallest absolute Gasteiger partial charge is 0.269 e. The maximum Gasteiger partial charge on any atom is 0.285 e. The van der Waals surface area contributed by atoms with Gasteiger partial charge in [-0.1, -0.05) is 41.5 Å². The molecule has 0 unspecified atom stereocenters. The zero-order valence-corrected chi connectivity index (χ0v) is 14.3. The summed E-state index contributed by atoms with van der Waals surface area (Å²) < 4.78 is 1.01. The quantitative estimate of drug-likeness (QED) is 0.551. The van der Waals surface area contributed by atoms with Gasteiger partial charge in [0.25, 0.3) is 5.91 Å². The summed E-state index contributed by atoms with van der Waals surface area (Å²) in [5.74, 6) is 0.0959. The third kappa shape index (κ3) is 4.10. The fraction of sp³-hybridized carbons (Fsp3) is 0.833. The van der Waals surface area contributed by atoms with E-state index in [9.17, 15) is 4.79 Å². The molecule has 0 atom stereocenters. The number of amides is 1. The maximum atomic E-state index is 12.6. The van der Waals surface area contributed by atoms with Gasteiger partial charge in [-0.25, -0.2) is 0 Å². The number of carbonyl (C=O) groups excluding carboxylic acids is 1. The molecule has 0 aromatic rings. The Labute approximate surface area is 123 Å². The van der Waals surface area contributed by atoms with Crippen LogP contribution < -0.4 is 0 Å². The van der Waals surface area contributed by atoms with E-state index in [-0.39, 0.29) is 5.91 Å². The van der Waals surface area contributed by atoms with Crippen molar-refractivity contribution in [3.8, 4) is 0 Å². The third-order valence-corrected chi connectivity index (χ3v) is 5.60. The summed E-state index contributed by atoms with van der Waals surface area (Å²) >= 11 is 4.86. The molecule has 1 aliphatic rings. The van der Waals surface area contributed by atoms with Gasteiger partial charge in [-0.2, -0.15) is 9.52 Å². The Morgan fingerprint density at radius 1 is 1.06 bits per heavy atom. The van der Waals surface area contributed by atoms with E-state index in [1.54, 1.807) is 27.9 Å². The highest BCUT2D eigenvalue weighted by molar-refractivity contribution is 8.21. The Balaban J connectivity index is 2.87. The number of hydrogen-bond donors (Lipinski definition) is 0. The highest BCUT2D eigenvalue weighted by atomic mass is 32.2. The van der Waals surface area contributed by atoms with Gasteiger partial charge in [-0.15, -0.1) is 23.5 Å². The van der Waals surface area contributed by atoms with Crippen LogP contribution in [0.25, 0.3) is 0 Å². The van der Waals surface area contributed by atoms with Gasteiger partial charge in [-0.05, 0) is 11.9 Å². The highest BCUT2D eigenvalue weighted by Gasteiger charge is 2.47. The van der Waals surface area contributed by atoms with Crippen molar-refractivity contribution in [1.29, 1.82) is 0 Å². The lowest BCUT2D eigenvalue weighted by molar-refractivity contribution is -0.124. The predicted octanol–water partition coefficient (Wildman–Crippen LogP) is 3.85. The summed E-state index contributed by atoms with van der Waals surface area (Å²) in [7, 11) is 0. The van der Waals surface area contributed by atoms with Crippen molar-refractivity contribution in [3.05, 3.63) is 0 Å². The van der Waals surface area contributed by atoms with E-state index in [4.69, 9.17) is 0 Å². The molecule has 0 aliphatic carbocycles. The zero-order valence-electron chi connectivity index (χ0n) is 11.8. The maximum absolute atomic E-state index is 12.6. The summed E-state index contributed by atoms with van der Waals surface area (Å²) in [4.78, 5) is 12.6. The lowest BCUT2D eigenvalue weighted by Crippen LogP contribution is -2.37. The first-order valence-corrected chi connectivity index (χ1v) is 8.78. The van der Waals surface area contributed by atoms with Crippen molar-refractivity contribution in [2.75, 3.05) is 0 Å². The zero-order chi connectivity index (χ0) is 13.9. The Bertz CT molecular complexity index is 319. The van der Waals surface area contributed by atoms with Crippen LogP contribution >= 0.6 is 35.5 Å². The second-order valence-electron chi connectivity index (χ2n) is 4.98. The van der Waals surface area contributed by atoms with Crippen LogP contribution in [0.3, 0.4) is 0 Å². The molecule has 1 heterocycles. The summed E-state index contributed by atoms with van der Waals surface area (Å²) in [6.45, 7) is 12.6. The summed E-state index contributed by atoms with van der Waals surface area (Å²) in [5.41, 5.74) is 0. The molecular formula is C12H22N2OS3. The molecule has 18 heavy (non-hydrogen) atoms. The molecule has 0 saturated heterocycles. The summed E-state index contributed by atoms with van der Waals surface area (Å²) in [6, 6.07) is 0. The van der Waals surface area contributed by atoms with Gasteiger partial charge < -0.3 is 0 Å². The fourth-order valence-corrected chi connectivity index (χ4v) is 5.76. The molecule has 0 saturated carbocycles. The molecule has 3 nitrogen and oxygen atoms in total. The van der Waals surface area contributed by atoms with E-state index in [2.05, 4.69) is 46.6 Å². The first-order valence-electron chi connectivity index (χ1n) is 6.19. The summed E-state index contributed by atoms with van der Waals surface area (Å²) in [6.07, 6.45) is 1.82. The van der Waals surface area contributed by atoms with Gasteiger partial charge in [-0.3, -0.25) is 4.79 Å². The van der Waals surface area contributed by atoms with Crippen molar-refractivity contribution in [2.24, 2.45) is 5.10 Å². The fourth-order valence-electron chi connectivity index (χ4n) is 1.53. The van der Waals surface area contributed by atoms with Gasteiger partial charge in [0.15, 0.2) is 4.08 Å². The number of thioether (sulfide) groups is 2. The molecule has 0 aromatic heterocycles. The molecule has 0 aromatic carbocycles. The van der Waals surface area contributed by atoms with Gasteiger partial charge in [0.1, 0.15) is 0 Å². The van der Waals surface area contributed by atoms with E-state index in [0.717, 1.165) is 0 Å². The van der Waals surface area contributed by atoms with Crippen LogP contribution in [-0.4, -0.2) is 36.4 Å². The van der Waals surface area contributed by atoms with Crippen LogP contribution in [0.4, 0.5) is 0 Å². The standard InChI is InChI=1S/C12H22N2OS3/c1-8(2)16-12(17-9(3)4)7-13-14(11(12)15)18-10(5)6/h7-10H,1-6H3. The van der Waals surface area contributed by atoms with Gasteiger partial charge in [0.2, 0.25) is 0 Å². The highest BCUT2D eigenvalue weighted by Crippen LogP contribution is 2.46. The van der Waals surface area contributed by atoms with Crippen molar-refractivity contribution in [2.45, 2.75) is 61.4 Å². The minimum atomic E-state index is -0.537. The molecule has 6 heteroatoms. The van der Waals surface area contributed by atoms with Gasteiger partial charge >= 0.3 is 0 Å². The average Bonchev–Trinajstić information content (AvgIpc) is 2.44. The molecule has 0 fully saturated rings. The normalized spacial score (nSPS) is 18.7. The second-order valence-corrected chi connectivity index (χ2v) is 10.4. The van der Waals surface area contributed by atoms with Crippen LogP contribution in [0, 0.1) is 0 Å². The minimum Gasteiger partial charge on any atom is -0.269 e.